The second-order valence-corrected chi connectivity index (χ2v) is 5.38. The molecule has 0 aliphatic heterocycles. The minimum atomic E-state index is -0.677. The second-order valence-electron chi connectivity index (χ2n) is 5.38. The van der Waals surface area contributed by atoms with Crippen LogP contribution in [0.5, 0.6) is 0 Å². The standard InChI is InChI=1S/C17H18N2O/c18-17(11-6-12-17)16(20)19-15-10-5-4-9-14(15)13-7-2-1-3-8-13/h1-5,7-10H,6,11-12,18H2,(H,19,20). The molecule has 20 heavy (non-hydrogen) atoms. The lowest BCUT2D eigenvalue weighted by molar-refractivity contribution is -0.123. The van der Waals surface area contributed by atoms with E-state index >= 15 is 0 Å². The molecule has 3 heteroatoms. The first kappa shape index (κ1) is 12.9. The fourth-order valence-electron chi connectivity index (χ4n) is 2.49. The highest BCUT2D eigenvalue weighted by atomic mass is 16.2. The molecular formula is C17H18N2O. The summed E-state index contributed by atoms with van der Waals surface area (Å²) in [5.41, 5.74) is 8.32. The van der Waals surface area contributed by atoms with Crippen molar-refractivity contribution in [3.05, 3.63) is 54.6 Å². The number of amides is 1. The Morgan fingerprint density at radius 1 is 1.00 bits per heavy atom. The third-order valence-electron chi connectivity index (χ3n) is 3.96. The van der Waals surface area contributed by atoms with E-state index < -0.39 is 5.54 Å². The number of carbonyl (C=O) groups is 1. The van der Waals surface area contributed by atoms with E-state index in [1.54, 1.807) is 0 Å². The van der Waals surface area contributed by atoms with Crippen molar-refractivity contribution in [3.8, 4) is 11.1 Å². The molecule has 3 nitrogen and oxygen atoms in total. The number of benzene rings is 2. The molecule has 0 spiro atoms. The van der Waals surface area contributed by atoms with Gasteiger partial charge in [-0.2, -0.15) is 0 Å². The van der Waals surface area contributed by atoms with Crippen molar-refractivity contribution in [1.82, 2.24) is 0 Å². The summed E-state index contributed by atoms with van der Waals surface area (Å²) >= 11 is 0. The zero-order chi connectivity index (χ0) is 14.0. The Kier molecular flexibility index (Phi) is 3.28. The van der Waals surface area contributed by atoms with Crippen LogP contribution in [0.25, 0.3) is 11.1 Å². The minimum Gasteiger partial charge on any atom is -0.324 e. The molecule has 1 fully saturated rings. The average molecular weight is 266 g/mol. The number of anilines is 1. The summed E-state index contributed by atoms with van der Waals surface area (Å²) in [6.07, 6.45) is 2.57. The van der Waals surface area contributed by atoms with Crippen molar-refractivity contribution in [3.63, 3.8) is 0 Å². The van der Waals surface area contributed by atoms with Gasteiger partial charge in [0.2, 0.25) is 5.91 Å². The SMILES string of the molecule is NC1(C(=O)Nc2ccccc2-c2ccccc2)CCC1. The molecule has 1 saturated carbocycles. The summed E-state index contributed by atoms with van der Waals surface area (Å²) < 4.78 is 0. The molecule has 0 atom stereocenters. The highest BCUT2D eigenvalue weighted by Crippen LogP contribution is 2.32. The summed E-state index contributed by atoms with van der Waals surface area (Å²) in [5, 5.41) is 2.99. The first-order valence-corrected chi connectivity index (χ1v) is 6.94. The lowest BCUT2D eigenvalue weighted by Crippen LogP contribution is -2.56. The quantitative estimate of drug-likeness (QED) is 0.896. The first-order valence-electron chi connectivity index (χ1n) is 6.94. The molecular weight excluding hydrogens is 248 g/mol. The van der Waals surface area contributed by atoms with Crippen molar-refractivity contribution in [2.45, 2.75) is 24.8 Å². The molecule has 3 N–H and O–H groups in total. The molecule has 0 saturated heterocycles. The van der Waals surface area contributed by atoms with Gasteiger partial charge >= 0.3 is 0 Å². The van der Waals surface area contributed by atoms with Crippen LogP contribution in [0.1, 0.15) is 19.3 Å². The van der Waals surface area contributed by atoms with E-state index in [1.165, 1.54) is 0 Å². The summed E-state index contributed by atoms with van der Waals surface area (Å²) in [4.78, 5) is 12.3. The molecule has 102 valence electrons. The van der Waals surface area contributed by atoms with Gasteiger partial charge in [-0.3, -0.25) is 4.79 Å². The van der Waals surface area contributed by atoms with Crippen LogP contribution in [0.2, 0.25) is 0 Å². The van der Waals surface area contributed by atoms with Gasteiger partial charge in [0.05, 0.1) is 5.54 Å². The van der Waals surface area contributed by atoms with Gasteiger partial charge in [0.25, 0.3) is 0 Å². The summed E-state index contributed by atoms with van der Waals surface area (Å²) in [5.74, 6) is -0.0767. The van der Waals surface area contributed by atoms with Crippen LogP contribution in [-0.4, -0.2) is 11.4 Å². The Morgan fingerprint density at radius 2 is 1.65 bits per heavy atom. The number of carbonyl (C=O) groups excluding carboxylic acids is 1. The molecule has 3 rings (SSSR count). The van der Waals surface area contributed by atoms with Crippen LogP contribution in [0.4, 0.5) is 5.69 Å². The summed E-state index contributed by atoms with van der Waals surface area (Å²) in [6, 6.07) is 17.9. The molecule has 1 aliphatic rings. The molecule has 0 bridgehead atoms. The molecule has 2 aromatic rings. The van der Waals surface area contributed by atoms with Crippen LogP contribution in [0.15, 0.2) is 54.6 Å². The third-order valence-corrected chi connectivity index (χ3v) is 3.96. The van der Waals surface area contributed by atoms with Gasteiger partial charge in [0.15, 0.2) is 0 Å². The van der Waals surface area contributed by atoms with Crippen LogP contribution in [0, 0.1) is 0 Å². The number of rotatable bonds is 3. The second kappa shape index (κ2) is 5.10. The van der Waals surface area contributed by atoms with Crippen molar-refractivity contribution in [2.24, 2.45) is 5.73 Å². The van der Waals surface area contributed by atoms with Gasteiger partial charge < -0.3 is 11.1 Å². The monoisotopic (exact) mass is 266 g/mol. The van der Waals surface area contributed by atoms with Crippen molar-refractivity contribution in [1.29, 1.82) is 0 Å². The van der Waals surface area contributed by atoms with Crippen molar-refractivity contribution >= 4 is 11.6 Å². The van der Waals surface area contributed by atoms with Gasteiger partial charge in [-0.25, -0.2) is 0 Å². The number of hydrogen-bond donors (Lipinski definition) is 2. The predicted molar refractivity (Wildman–Crippen MR) is 81.3 cm³/mol. The van der Waals surface area contributed by atoms with Gasteiger partial charge in [-0.15, -0.1) is 0 Å². The predicted octanol–water partition coefficient (Wildman–Crippen LogP) is 3.17. The van der Waals surface area contributed by atoms with Gasteiger partial charge in [0.1, 0.15) is 0 Å². The molecule has 0 heterocycles. The van der Waals surface area contributed by atoms with E-state index in [1.807, 2.05) is 54.6 Å². The fourth-order valence-corrected chi connectivity index (χ4v) is 2.49. The molecule has 2 aromatic carbocycles. The van der Waals surface area contributed by atoms with Crippen molar-refractivity contribution < 1.29 is 4.79 Å². The zero-order valence-corrected chi connectivity index (χ0v) is 11.3. The van der Waals surface area contributed by atoms with E-state index in [4.69, 9.17) is 5.73 Å². The fraction of sp³-hybridized carbons (Fsp3) is 0.235. The van der Waals surface area contributed by atoms with Crippen LogP contribution in [-0.2, 0) is 4.79 Å². The Labute approximate surface area is 118 Å². The molecule has 0 aromatic heterocycles. The smallest absolute Gasteiger partial charge is 0.244 e. The number of nitrogens with one attached hydrogen (secondary N) is 1. The van der Waals surface area contributed by atoms with E-state index in [0.717, 1.165) is 36.1 Å². The maximum atomic E-state index is 12.3. The number of hydrogen-bond acceptors (Lipinski definition) is 2. The maximum Gasteiger partial charge on any atom is 0.244 e. The summed E-state index contributed by atoms with van der Waals surface area (Å²) in [6.45, 7) is 0. The summed E-state index contributed by atoms with van der Waals surface area (Å²) in [7, 11) is 0. The lowest BCUT2D eigenvalue weighted by atomic mass is 9.77. The number of para-hydroxylation sites is 1. The number of nitrogens with two attached hydrogens (primary N) is 1. The molecule has 1 aliphatic carbocycles. The highest BCUT2D eigenvalue weighted by Gasteiger charge is 2.40. The van der Waals surface area contributed by atoms with E-state index in [9.17, 15) is 4.79 Å². The molecule has 0 radical (unpaired) electrons. The van der Waals surface area contributed by atoms with E-state index in [0.29, 0.717) is 0 Å². The minimum absolute atomic E-state index is 0.0767. The van der Waals surface area contributed by atoms with Gasteiger partial charge in [-0.1, -0.05) is 48.5 Å². The Morgan fingerprint density at radius 3 is 2.30 bits per heavy atom. The topological polar surface area (TPSA) is 55.1 Å². The van der Waals surface area contributed by atoms with Gasteiger partial charge in [0, 0.05) is 11.3 Å². The van der Waals surface area contributed by atoms with E-state index in [2.05, 4.69) is 5.32 Å². The zero-order valence-electron chi connectivity index (χ0n) is 11.3. The normalized spacial score (nSPS) is 16.2. The van der Waals surface area contributed by atoms with Gasteiger partial charge in [-0.05, 0) is 30.9 Å². The molecule has 1 amide bonds. The average Bonchev–Trinajstić information content (AvgIpc) is 2.46. The molecule has 0 unspecified atom stereocenters. The van der Waals surface area contributed by atoms with Crippen LogP contribution >= 0.6 is 0 Å². The Hall–Kier alpha value is -2.13. The lowest BCUT2D eigenvalue weighted by Gasteiger charge is -2.36. The van der Waals surface area contributed by atoms with Crippen LogP contribution < -0.4 is 11.1 Å². The third kappa shape index (κ3) is 2.32. The van der Waals surface area contributed by atoms with Crippen molar-refractivity contribution in [2.75, 3.05) is 5.32 Å². The largest absolute Gasteiger partial charge is 0.324 e. The maximum absolute atomic E-state index is 12.3. The Bertz CT molecular complexity index is 618. The van der Waals surface area contributed by atoms with E-state index in [-0.39, 0.29) is 5.91 Å². The van der Waals surface area contributed by atoms with Crippen LogP contribution in [0.3, 0.4) is 0 Å². The highest BCUT2D eigenvalue weighted by molar-refractivity contribution is 6.01. The first-order chi connectivity index (χ1) is 9.69. The Balaban J connectivity index is 1.89.